The van der Waals surface area contributed by atoms with Crippen molar-refractivity contribution in [1.29, 1.82) is 0 Å². The third kappa shape index (κ3) is 3.95. The fourth-order valence-corrected chi connectivity index (χ4v) is 3.90. The number of nitrogens with two attached hydrogens (primary N) is 1. The molecule has 0 atom stereocenters. The third-order valence-corrected chi connectivity index (χ3v) is 5.84. The first-order valence-corrected chi connectivity index (χ1v) is 11.8. The Hall–Kier alpha value is -3.34. The summed E-state index contributed by atoms with van der Waals surface area (Å²) in [6, 6.07) is 15.0. The standard InChI is InChI=1S/C22H21N5O4S/c1-32(28,29)31-11-14-4-6-16(7-5-14)27-21(17-3-2-10-24-20(17)23)26-19-9-8-18(25-22(19)27)15-12-30-13-15/h2-10,15H,11-13H2,1H3,(H2,23,24). The Morgan fingerprint density at radius 3 is 2.56 bits per heavy atom. The van der Waals surface area contributed by atoms with Crippen LogP contribution >= 0.6 is 0 Å². The molecule has 4 heterocycles. The number of aromatic nitrogens is 4. The SMILES string of the molecule is CS(=O)(=O)OCc1ccc(-n2c(-c3cccnc3N)nc3ccc(C4COC4)nc32)cc1. The molecule has 0 aliphatic carbocycles. The molecule has 1 aliphatic rings. The lowest BCUT2D eigenvalue weighted by atomic mass is 10.0. The summed E-state index contributed by atoms with van der Waals surface area (Å²) in [6.07, 6.45) is 2.66. The molecule has 1 fully saturated rings. The van der Waals surface area contributed by atoms with Crippen LogP contribution in [0.1, 0.15) is 17.2 Å². The molecule has 32 heavy (non-hydrogen) atoms. The molecule has 2 N–H and O–H groups in total. The molecule has 0 bridgehead atoms. The number of anilines is 1. The van der Waals surface area contributed by atoms with Crippen LogP contribution in [0, 0.1) is 0 Å². The highest BCUT2D eigenvalue weighted by Gasteiger charge is 2.24. The Morgan fingerprint density at radius 1 is 1.12 bits per heavy atom. The highest BCUT2D eigenvalue weighted by molar-refractivity contribution is 7.85. The van der Waals surface area contributed by atoms with Crippen molar-refractivity contribution in [1.82, 2.24) is 19.5 Å². The molecule has 5 rings (SSSR count). The Bertz CT molecular complexity index is 1400. The van der Waals surface area contributed by atoms with Gasteiger partial charge in [-0.2, -0.15) is 8.42 Å². The summed E-state index contributed by atoms with van der Waals surface area (Å²) in [5.41, 5.74) is 10.8. The van der Waals surface area contributed by atoms with Crippen LogP contribution in [0.15, 0.2) is 54.7 Å². The van der Waals surface area contributed by atoms with E-state index < -0.39 is 10.1 Å². The van der Waals surface area contributed by atoms with Gasteiger partial charge in [0.1, 0.15) is 11.3 Å². The van der Waals surface area contributed by atoms with Gasteiger partial charge < -0.3 is 10.5 Å². The predicted molar refractivity (Wildman–Crippen MR) is 120 cm³/mol. The molecule has 10 heteroatoms. The fourth-order valence-electron chi connectivity index (χ4n) is 3.55. The van der Waals surface area contributed by atoms with Gasteiger partial charge in [-0.1, -0.05) is 12.1 Å². The third-order valence-electron chi connectivity index (χ3n) is 5.30. The van der Waals surface area contributed by atoms with E-state index in [-0.39, 0.29) is 12.5 Å². The van der Waals surface area contributed by atoms with Crippen LogP contribution in [0.3, 0.4) is 0 Å². The van der Waals surface area contributed by atoms with Crippen molar-refractivity contribution in [3.8, 4) is 17.1 Å². The van der Waals surface area contributed by atoms with Crippen molar-refractivity contribution in [2.45, 2.75) is 12.5 Å². The molecule has 0 saturated carbocycles. The molecule has 0 spiro atoms. The van der Waals surface area contributed by atoms with Crippen LogP contribution in [-0.2, 0) is 25.6 Å². The van der Waals surface area contributed by atoms with E-state index in [0.29, 0.717) is 36.1 Å². The first-order chi connectivity index (χ1) is 15.4. The molecule has 0 amide bonds. The lowest BCUT2D eigenvalue weighted by molar-refractivity contribution is 0.00682. The van der Waals surface area contributed by atoms with Gasteiger partial charge in [-0.05, 0) is 42.0 Å². The van der Waals surface area contributed by atoms with Gasteiger partial charge in [0.2, 0.25) is 0 Å². The minimum atomic E-state index is -3.52. The molecular weight excluding hydrogens is 430 g/mol. The Balaban J connectivity index is 1.63. The number of nitrogens with zero attached hydrogens (tertiary/aromatic N) is 4. The molecule has 4 aromatic rings. The number of nitrogen functional groups attached to an aromatic ring is 1. The normalized spacial score (nSPS) is 14.5. The summed E-state index contributed by atoms with van der Waals surface area (Å²) in [4.78, 5) is 13.9. The number of fused-ring (bicyclic) bond motifs is 1. The molecular formula is C22H21N5O4S. The van der Waals surface area contributed by atoms with Gasteiger partial charge in [0.15, 0.2) is 11.5 Å². The van der Waals surface area contributed by atoms with Gasteiger partial charge in [0, 0.05) is 17.8 Å². The second kappa shape index (κ2) is 7.97. The molecule has 3 aromatic heterocycles. The number of imidazole rings is 1. The van der Waals surface area contributed by atoms with Gasteiger partial charge in [-0.25, -0.2) is 15.0 Å². The average Bonchev–Trinajstić information content (AvgIpc) is 3.10. The van der Waals surface area contributed by atoms with Crippen molar-refractivity contribution >= 4 is 27.1 Å². The van der Waals surface area contributed by atoms with E-state index in [2.05, 4.69) is 4.98 Å². The van der Waals surface area contributed by atoms with Gasteiger partial charge >= 0.3 is 0 Å². The maximum absolute atomic E-state index is 11.3. The quantitative estimate of drug-likeness (QED) is 0.444. The molecule has 9 nitrogen and oxygen atoms in total. The van der Waals surface area contributed by atoms with Crippen LogP contribution in [0.4, 0.5) is 5.82 Å². The zero-order chi connectivity index (χ0) is 22.3. The molecule has 1 aliphatic heterocycles. The lowest BCUT2D eigenvalue weighted by Crippen LogP contribution is -2.26. The summed E-state index contributed by atoms with van der Waals surface area (Å²) in [5, 5.41) is 0. The number of hydrogen-bond donors (Lipinski definition) is 1. The minimum Gasteiger partial charge on any atom is -0.383 e. The Kier molecular flexibility index (Phi) is 5.12. The van der Waals surface area contributed by atoms with Crippen LogP contribution in [0.2, 0.25) is 0 Å². The topological polar surface area (TPSA) is 122 Å². The number of rotatable bonds is 6. The van der Waals surface area contributed by atoms with Gasteiger partial charge in [-0.3, -0.25) is 8.75 Å². The summed E-state index contributed by atoms with van der Waals surface area (Å²) >= 11 is 0. The van der Waals surface area contributed by atoms with Crippen molar-refractivity contribution in [2.75, 3.05) is 25.2 Å². The summed E-state index contributed by atoms with van der Waals surface area (Å²) in [5.74, 6) is 1.26. The van der Waals surface area contributed by atoms with Crippen LogP contribution in [0.5, 0.6) is 0 Å². The van der Waals surface area contributed by atoms with E-state index in [1.54, 1.807) is 6.20 Å². The molecule has 164 valence electrons. The van der Waals surface area contributed by atoms with Crippen LogP contribution in [-0.4, -0.2) is 47.4 Å². The van der Waals surface area contributed by atoms with Crippen LogP contribution < -0.4 is 5.73 Å². The first kappa shape index (κ1) is 20.6. The van der Waals surface area contributed by atoms with Gasteiger partial charge in [0.25, 0.3) is 10.1 Å². The highest BCUT2D eigenvalue weighted by Crippen LogP contribution is 2.32. The molecule has 1 saturated heterocycles. The van der Waals surface area contributed by atoms with E-state index in [9.17, 15) is 8.42 Å². The highest BCUT2D eigenvalue weighted by atomic mass is 32.2. The van der Waals surface area contributed by atoms with E-state index >= 15 is 0 Å². The average molecular weight is 452 g/mol. The number of hydrogen-bond acceptors (Lipinski definition) is 8. The Morgan fingerprint density at radius 2 is 1.91 bits per heavy atom. The maximum Gasteiger partial charge on any atom is 0.264 e. The van der Waals surface area contributed by atoms with Crippen molar-refractivity contribution < 1.29 is 17.3 Å². The second-order valence-corrected chi connectivity index (χ2v) is 9.30. The number of ether oxygens (including phenoxy) is 1. The van der Waals surface area contributed by atoms with Crippen LogP contribution in [0.25, 0.3) is 28.2 Å². The number of benzene rings is 1. The first-order valence-electron chi connectivity index (χ1n) is 10.0. The smallest absolute Gasteiger partial charge is 0.264 e. The monoisotopic (exact) mass is 451 g/mol. The predicted octanol–water partition coefficient (Wildman–Crippen LogP) is 2.65. The zero-order valence-electron chi connectivity index (χ0n) is 17.3. The maximum atomic E-state index is 11.3. The van der Waals surface area contributed by atoms with Gasteiger partial charge in [-0.15, -0.1) is 0 Å². The Labute approximate surface area is 185 Å². The fraction of sp³-hybridized carbons (Fsp3) is 0.227. The molecule has 0 unspecified atom stereocenters. The van der Waals surface area contributed by atoms with Crippen molar-refractivity contribution in [3.63, 3.8) is 0 Å². The van der Waals surface area contributed by atoms with Gasteiger partial charge in [0.05, 0.1) is 37.3 Å². The summed E-state index contributed by atoms with van der Waals surface area (Å²) in [6.45, 7) is 1.28. The lowest BCUT2D eigenvalue weighted by Gasteiger charge is -2.25. The van der Waals surface area contributed by atoms with E-state index in [1.165, 1.54) is 0 Å². The second-order valence-electron chi connectivity index (χ2n) is 7.65. The van der Waals surface area contributed by atoms with Crippen molar-refractivity contribution in [2.24, 2.45) is 0 Å². The summed E-state index contributed by atoms with van der Waals surface area (Å²) in [7, 11) is -3.52. The van der Waals surface area contributed by atoms with E-state index in [4.69, 9.17) is 24.6 Å². The number of pyridine rings is 2. The summed E-state index contributed by atoms with van der Waals surface area (Å²) < 4.78 is 34.7. The largest absolute Gasteiger partial charge is 0.383 e. The van der Waals surface area contributed by atoms with Crippen molar-refractivity contribution in [3.05, 3.63) is 66.0 Å². The van der Waals surface area contributed by atoms with E-state index in [1.807, 2.05) is 53.1 Å². The molecule has 0 radical (unpaired) electrons. The zero-order valence-corrected chi connectivity index (χ0v) is 18.1. The molecule has 1 aromatic carbocycles. The minimum absolute atomic E-state index is 0.0315. The van der Waals surface area contributed by atoms with E-state index in [0.717, 1.165) is 28.7 Å².